The highest BCUT2D eigenvalue weighted by atomic mass is 32.1. The third-order valence-electron chi connectivity index (χ3n) is 5.39. The van der Waals surface area contributed by atoms with Gasteiger partial charge >= 0.3 is 0 Å². The van der Waals surface area contributed by atoms with Gasteiger partial charge < -0.3 is 5.32 Å². The van der Waals surface area contributed by atoms with Crippen molar-refractivity contribution in [1.29, 1.82) is 0 Å². The van der Waals surface area contributed by atoms with Crippen LogP contribution in [0.4, 0.5) is 4.39 Å². The standard InChI is InChI=1S/C22H20FN5OS/c1-28-12-15(11-25-28)19-3-2-13(10-24-19)6-14-7-20(27-22-18(14)4-5-30-22)21(29)26-17-8-16(23)9-17/h2-5,7,10-12,16-17H,6,8-9H2,1H3,(H,26,29). The number of rotatable bonds is 5. The summed E-state index contributed by atoms with van der Waals surface area (Å²) in [4.78, 5) is 22.5. The number of alkyl halides is 1. The van der Waals surface area contributed by atoms with Gasteiger partial charge in [0.25, 0.3) is 5.91 Å². The largest absolute Gasteiger partial charge is 0.348 e. The molecule has 0 radical (unpaired) electrons. The molecular weight excluding hydrogens is 401 g/mol. The molecule has 8 heteroatoms. The van der Waals surface area contributed by atoms with Crippen molar-refractivity contribution in [3.8, 4) is 11.3 Å². The van der Waals surface area contributed by atoms with Crippen LogP contribution in [0, 0.1) is 0 Å². The molecule has 0 saturated heterocycles. The molecule has 152 valence electrons. The van der Waals surface area contributed by atoms with Crippen LogP contribution < -0.4 is 5.32 Å². The topological polar surface area (TPSA) is 72.7 Å². The van der Waals surface area contributed by atoms with E-state index < -0.39 is 6.17 Å². The minimum absolute atomic E-state index is 0.0963. The van der Waals surface area contributed by atoms with E-state index >= 15 is 0 Å². The van der Waals surface area contributed by atoms with Gasteiger partial charge in [-0.3, -0.25) is 14.5 Å². The van der Waals surface area contributed by atoms with Gasteiger partial charge in [0, 0.05) is 36.4 Å². The van der Waals surface area contributed by atoms with Crippen LogP contribution in [-0.2, 0) is 13.5 Å². The molecule has 1 aliphatic rings. The molecule has 0 unspecified atom stereocenters. The predicted molar refractivity (Wildman–Crippen MR) is 114 cm³/mol. The molecule has 4 heterocycles. The lowest BCUT2D eigenvalue weighted by atomic mass is 9.90. The van der Waals surface area contributed by atoms with Crippen LogP contribution in [0.15, 0.2) is 48.2 Å². The number of halogens is 1. The Balaban J connectivity index is 1.39. The van der Waals surface area contributed by atoms with Crippen LogP contribution in [0.25, 0.3) is 21.5 Å². The maximum absolute atomic E-state index is 13.1. The fourth-order valence-electron chi connectivity index (χ4n) is 3.68. The molecule has 1 N–H and O–H groups in total. The third-order valence-corrected chi connectivity index (χ3v) is 6.20. The molecule has 0 aromatic carbocycles. The van der Waals surface area contributed by atoms with Gasteiger partial charge in [0.1, 0.15) is 16.7 Å². The third kappa shape index (κ3) is 3.70. The first-order valence-electron chi connectivity index (χ1n) is 9.81. The lowest BCUT2D eigenvalue weighted by Gasteiger charge is -2.30. The summed E-state index contributed by atoms with van der Waals surface area (Å²) < 4.78 is 14.8. The summed E-state index contributed by atoms with van der Waals surface area (Å²) in [7, 11) is 1.88. The zero-order chi connectivity index (χ0) is 20.7. The quantitative estimate of drug-likeness (QED) is 0.530. The van der Waals surface area contributed by atoms with Gasteiger partial charge in [-0.15, -0.1) is 11.3 Å². The number of nitrogens with zero attached hydrogens (tertiary/aromatic N) is 4. The number of fused-ring (bicyclic) bond motifs is 1. The van der Waals surface area contributed by atoms with Gasteiger partial charge in [0.05, 0.1) is 11.9 Å². The average Bonchev–Trinajstić information content (AvgIpc) is 3.36. The Labute approximate surface area is 176 Å². The van der Waals surface area contributed by atoms with Gasteiger partial charge in [-0.2, -0.15) is 5.10 Å². The summed E-state index contributed by atoms with van der Waals surface area (Å²) in [6.45, 7) is 0. The number of thiophene rings is 1. The fraction of sp³-hybridized carbons (Fsp3) is 0.273. The summed E-state index contributed by atoms with van der Waals surface area (Å²) in [5.41, 5.74) is 4.29. The predicted octanol–water partition coefficient (Wildman–Crippen LogP) is 3.91. The van der Waals surface area contributed by atoms with E-state index in [2.05, 4.69) is 20.4 Å². The van der Waals surface area contributed by atoms with Gasteiger partial charge in [-0.05, 0) is 54.0 Å². The summed E-state index contributed by atoms with van der Waals surface area (Å²) in [6.07, 6.45) is 6.18. The molecule has 0 atom stereocenters. The van der Waals surface area contributed by atoms with Crippen LogP contribution in [0.2, 0.25) is 0 Å². The summed E-state index contributed by atoms with van der Waals surface area (Å²) in [5.74, 6) is -0.242. The molecule has 6 nitrogen and oxygen atoms in total. The number of aromatic nitrogens is 4. The highest BCUT2D eigenvalue weighted by molar-refractivity contribution is 7.16. The van der Waals surface area contributed by atoms with E-state index in [9.17, 15) is 9.18 Å². The summed E-state index contributed by atoms with van der Waals surface area (Å²) in [6, 6.07) is 7.80. The van der Waals surface area contributed by atoms with Crippen LogP contribution >= 0.6 is 11.3 Å². The molecule has 1 fully saturated rings. The molecule has 4 aromatic heterocycles. The second-order valence-corrected chi connectivity index (χ2v) is 8.57. The molecule has 5 rings (SSSR count). The SMILES string of the molecule is Cn1cc(-c2ccc(Cc3cc(C(=O)NC4CC(F)C4)nc4sccc34)cn2)cn1. The average molecular weight is 422 g/mol. The zero-order valence-electron chi connectivity index (χ0n) is 16.4. The van der Waals surface area contributed by atoms with Crippen LogP contribution in [-0.4, -0.2) is 37.9 Å². The van der Waals surface area contributed by atoms with E-state index in [1.807, 2.05) is 49.1 Å². The lowest BCUT2D eigenvalue weighted by molar-refractivity contribution is 0.0855. The normalized spacial score (nSPS) is 18.3. The number of nitrogens with one attached hydrogen (secondary N) is 1. The first-order chi connectivity index (χ1) is 14.5. The number of aryl methyl sites for hydroxylation is 1. The smallest absolute Gasteiger partial charge is 0.270 e. The number of carbonyl (C=O) groups is 1. The second-order valence-electron chi connectivity index (χ2n) is 7.68. The number of hydrogen-bond acceptors (Lipinski definition) is 5. The van der Waals surface area contributed by atoms with Crippen molar-refractivity contribution in [2.45, 2.75) is 31.5 Å². The minimum atomic E-state index is -0.805. The highest BCUT2D eigenvalue weighted by Crippen LogP contribution is 2.27. The molecule has 1 saturated carbocycles. The number of hydrogen-bond donors (Lipinski definition) is 1. The Hall–Kier alpha value is -3.13. The van der Waals surface area contributed by atoms with Gasteiger partial charge in [0.2, 0.25) is 0 Å². The number of carbonyl (C=O) groups excluding carboxylic acids is 1. The Bertz CT molecular complexity index is 1210. The fourth-order valence-corrected chi connectivity index (χ4v) is 4.49. The van der Waals surface area contributed by atoms with E-state index in [0.29, 0.717) is 25.0 Å². The molecule has 0 bridgehead atoms. The molecular formula is C22H20FN5OS. The Morgan fingerprint density at radius 1 is 1.30 bits per heavy atom. The summed E-state index contributed by atoms with van der Waals surface area (Å²) in [5, 5.41) is 10.1. The lowest BCUT2D eigenvalue weighted by Crippen LogP contribution is -2.45. The van der Waals surface area contributed by atoms with E-state index in [-0.39, 0.29) is 11.9 Å². The highest BCUT2D eigenvalue weighted by Gasteiger charge is 2.30. The molecule has 1 amide bonds. The van der Waals surface area contributed by atoms with Crippen molar-refractivity contribution in [2.75, 3.05) is 0 Å². The molecule has 4 aromatic rings. The van der Waals surface area contributed by atoms with Crippen LogP contribution in [0.5, 0.6) is 0 Å². The molecule has 1 aliphatic carbocycles. The van der Waals surface area contributed by atoms with Crippen molar-refractivity contribution < 1.29 is 9.18 Å². The number of amides is 1. The maximum atomic E-state index is 13.1. The maximum Gasteiger partial charge on any atom is 0.270 e. The van der Waals surface area contributed by atoms with Crippen molar-refractivity contribution in [3.63, 3.8) is 0 Å². The van der Waals surface area contributed by atoms with Gasteiger partial charge in [0.15, 0.2) is 0 Å². The minimum Gasteiger partial charge on any atom is -0.348 e. The zero-order valence-corrected chi connectivity index (χ0v) is 17.2. The molecule has 0 spiro atoms. The Morgan fingerprint density at radius 2 is 2.17 bits per heavy atom. The van der Waals surface area contributed by atoms with Crippen LogP contribution in [0.1, 0.15) is 34.5 Å². The monoisotopic (exact) mass is 421 g/mol. The summed E-state index contributed by atoms with van der Waals surface area (Å²) >= 11 is 1.51. The Kier molecular flexibility index (Phi) is 4.78. The second kappa shape index (κ2) is 7.60. The van der Waals surface area contributed by atoms with Gasteiger partial charge in [-0.1, -0.05) is 6.07 Å². The van der Waals surface area contributed by atoms with Gasteiger partial charge in [-0.25, -0.2) is 9.37 Å². The van der Waals surface area contributed by atoms with Crippen molar-refractivity contribution in [1.82, 2.24) is 25.1 Å². The van der Waals surface area contributed by atoms with E-state index in [1.165, 1.54) is 11.3 Å². The first-order valence-corrected chi connectivity index (χ1v) is 10.7. The van der Waals surface area contributed by atoms with Crippen LogP contribution in [0.3, 0.4) is 0 Å². The van der Waals surface area contributed by atoms with Crippen molar-refractivity contribution >= 4 is 27.5 Å². The Morgan fingerprint density at radius 3 is 2.87 bits per heavy atom. The van der Waals surface area contributed by atoms with E-state index in [4.69, 9.17) is 0 Å². The van der Waals surface area contributed by atoms with E-state index in [1.54, 1.807) is 10.9 Å². The molecule has 0 aliphatic heterocycles. The van der Waals surface area contributed by atoms with E-state index in [0.717, 1.165) is 32.6 Å². The molecule has 30 heavy (non-hydrogen) atoms. The van der Waals surface area contributed by atoms with Crippen molar-refractivity contribution in [2.24, 2.45) is 7.05 Å². The van der Waals surface area contributed by atoms with Crippen molar-refractivity contribution in [3.05, 3.63) is 65.1 Å². The first kappa shape index (κ1) is 18.9. The number of pyridine rings is 2.